The second kappa shape index (κ2) is 9.64. The van der Waals surface area contributed by atoms with Gasteiger partial charge in [0.15, 0.2) is 0 Å². The highest BCUT2D eigenvalue weighted by atomic mass is 32.2. The van der Waals surface area contributed by atoms with Gasteiger partial charge in [0.2, 0.25) is 5.91 Å². The quantitative estimate of drug-likeness (QED) is 0.294. The minimum atomic E-state index is -0.474. The first kappa shape index (κ1) is 21.7. The molecule has 0 aliphatic carbocycles. The predicted octanol–water partition coefficient (Wildman–Crippen LogP) is 4.52. The molecule has 0 bridgehead atoms. The van der Waals surface area contributed by atoms with Gasteiger partial charge in [0, 0.05) is 30.8 Å². The van der Waals surface area contributed by atoms with Crippen molar-refractivity contribution in [2.75, 3.05) is 11.9 Å². The molecule has 154 valence electrons. The summed E-state index contributed by atoms with van der Waals surface area (Å²) in [5, 5.41) is 13.6. The molecular weight excluding hydrogens is 422 g/mol. The molecule has 0 aromatic heterocycles. The normalized spacial score (nSPS) is 15.0. The summed E-state index contributed by atoms with van der Waals surface area (Å²) in [6.45, 7) is 2.30. The van der Waals surface area contributed by atoms with E-state index in [9.17, 15) is 19.7 Å². The second-order valence-electron chi connectivity index (χ2n) is 6.70. The minimum Gasteiger partial charge on any atom is -0.326 e. The van der Waals surface area contributed by atoms with Gasteiger partial charge < -0.3 is 5.32 Å². The van der Waals surface area contributed by atoms with Crippen molar-refractivity contribution in [3.8, 4) is 0 Å². The van der Waals surface area contributed by atoms with Crippen molar-refractivity contribution in [1.29, 1.82) is 0 Å². The van der Waals surface area contributed by atoms with Gasteiger partial charge in [-0.05, 0) is 54.8 Å². The van der Waals surface area contributed by atoms with Crippen molar-refractivity contribution in [3.05, 3.63) is 74.7 Å². The van der Waals surface area contributed by atoms with Gasteiger partial charge in [0.1, 0.15) is 4.32 Å². The SMILES string of the molecule is Cc1cccc(NC(=O)CCCN2C(=O)/C(=C/c3ccc([N+](=O)[O-])cc3)SC2=S)c1. The van der Waals surface area contributed by atoms with Crippen molar-refractivity contribution < 1.29 is 14.5 Å². The first-order chi connectivity index (χ1) is 14.3. The summed E-state index contributed by atoms with van der Waals surface area (Å²) < 4.78 is 0.437. The van der Waals surface area contributed by atoms with Crippen LogP contribution in [-0.2, 0) is 9.59 Å². The summed E-state index contributed by atoms with van der Waals surface area (Å²) in [6, 6.07) is 13.5. The van der Waals surface area contributed by atoms with Gasteiger partial charge in [-0.25, -0.2) is 0 Å². The maximum Gasteiger partial charge on any atom is 0.269 e. The van der Waals surface area contributed by atoms with Crippen LogP contribution < -0.4 is 5.32 Å². The first-order valence-corrected chi connectivity index (χ1v) is 10.4. The third-order valence-electron chi connectivity index (χ3n) is 4.36. The highest BCUT2D eigenvalue weighted by Gasteiger charge is 2.31. The molecule has 1 aliphatic rings. The number of nitrogens with zero attached hydrogens (tertiary/aromatic N) is 2. The number of rotatable bonds is 7. The van der Waals surface area contributed by atoms with Crippen LogP contribution in [-0.4, -0.2) is 32.5 Å². The van der Waals surface area contributed by atoms with Gasteiger partial charge >= 0.3 is 0 Å². The summed E-state index contributed by atoms with van der Waals surface area (Å²) in [6.07, 6.45) is 2.41. The molecule has 1 heterocycles. The van der Waals surface area contributed by atoms with E-state index < -0.39 is 4.92 Å². The Hall–Kier alpha value is -3.04. The van der Waals surface area contributed by atoms with Crippen LogP contribution in [0.1, 0.15) is 24.0 Å². The molecule has 2 aromatic rings. The summed E-state index contributed by atoms with van der Waals surface area (Å²) in [7, 11) is 0. The number of hydrogen-bond donors (Lipinski definition) is 1. The Balaban J connectivity index is 1.54. The zero-order valence-corrected chi connectivity index (χ0v) is 17.8. The lowest BCUT2D eigenvalue weighted by atomic mass is 10.2. The second-order valence-corrected chi connectivity index (χ2v) is 8.38. The number of non-ortho nitro benzene ring substituents is 1. The molecule has 0 unspecified atom stereocenters. The molecule has 0 radical (unpaired) electrons. The lowest BCUT2D eigenvalue weighted by Gasteiger charge is -2.14. The minimum absolute atomic E-state index is 0.0105. The fourth-order valence-corrected chi connectivity index (χ4v) is 4.19. The van der Waals surface area contributed by atoms with Gasteiger partial charge in [-0.1, -0.05) is 36.1 Å². The molecule has 2 amide bonds. The molecule has 9 heteroatoms. The summed E-state index contributed by atoms with van der Waals surface area (Å²) in [5.41, 5.74) is 2.48. The third kappa shape index (κ3) is 5.52. The fraction of sp³-hybridized carbons (Fsp3) is 0.190. The maximum atomic E-state index is 12.6. The largest absolute Gasteiger partial charge is 0.326 e. The van der Waals surface area contributed by atoms with Crippen LogP contribution in [0.2, 0.25) is 0 Å². The lowest BCUT2D eigenvalue weighted by Crippen LogP contribution is -2.29. The number of carbonyl (C=O) groups excluding carboxylic acids is 2. The van der Waals surface area contributed by atoms with E-state index in [2.05, 4.69) is 5.32 Å². The molecule has 0 saturated carbocycles. The molecule has 3 rings (SSSR count). The van der Waals surface area contributed by atoms with Crippen LogP contribution in [0.3, 0.4) is 0 Å². The highest BCUT2D eigenvalue weighted by molar-refractivity contribution is 8.26. The number of thioether (sulfide) groups is 1. The van der Waals surface area contributed by atoms with Crippen LogP contribution in [0, 0.1) is 17.0 Å². The highest BCUT2D eigenvalue weighted by Crippen LogP contribution is 2.33. The number of thiocarbonyl (C=S) groups is 1. The standard InChI is InChI=1S/C21H19N3O4S2/c1-14-4-2-5-16(12-14)22-19(25)6-3-11-23-20(26)18(30-21(23)29)13-15-7-9-17(10-8-15)24(27)28/h2,4-5,7-10,12-13H,3,6,11H2,1H3,(H,22,25)/b18-13-. The Bertz CT molecular complexity index is 1030. The molecule has 1 N–H and O–H groups in total. The van der Waals surface area contributed by atoms with E-state index >= 15 is 0 Å². The van der Waals surface area contributed by atoms with Gasteiger partial charge in [0.05, 0.1) is 9.83 Å². The van der Waals surface area contributed by atoms with Gasteiger partial charge in [0.25, 0.3) is 11.6 Å². The molecular formula is C21H19N3O4S2. The van der Waals surface area contributed by atoms with E-state index in [1.807, 2.05) is 31.2 Å². The van der Waals surface area contributed by atoms with E-state index in [1.54, 1.807) is 18.2 Å². The van der Waals surface area contributed by atoms with Crippen molar-refractivity contribution in [1.82, 2.24) is 4.90 Å². The molecule has 1 aliphatic heterocycles. The lowest BCUT2D eigenvalue weighted by molar-refractivity contribution is -0.384. The third-order valence-corrected chi connectivity index (χ3v) is 5.74. The van der Waals surface area contributed by atoms with Gasteiger partial charge in [-0.2, -0.15) is 0 Å². The number of anilines is 1. The van der Waals surface area contributed by atoms with Crippen molar-refractivity contribution in [2.24, 2.45) is 0 Å². The molecule has 0 spiro atoms. The van der Waals surface area contributed by atoms with Gasteiger partial charge in [-0.3, -0.25) is 24.6 Å². The molecule has 7 nitrogen and oxygen atoms in total. The first-order valence-electron chi connectivity index (χ1n) is 9.20. The maximum absolute atomic E-state index is 12.6. The molecule has 2 aromatic carbocycles. The number of carbonyl (C=O) groups is 2. The van der Waals surface area contributed by atoms with Crippen LogP contribution >= 0.6 is 24.0 Å². The monoisotopic (exact) mass is 441 g/mol. The Labute approximate surface area is 183 Å². The van der Waals surface area contributed by atoms with Crippen LogP contribution in [0.15, 0.2) is 53.4 Å². The summed E-state index contributed by atoms with van der Waals surface area (Å²) in [4.78, 5) is 37.0. The summed E-state index contributed by atoms with van der Waals surface area (Å²) >= 11 is 6.49. The van der Waals surface area contributed by atoms with E-state index in [0.29, 0.717) is 27.8 Å². The number of benzene rings is 2. The fourth-order valence-electron chi connectivity index (χ4n) is 2.88. The summed E-state index contributed by atoms with van der Waals surface area (Å²) in [5.74, 6) is -0.338. The van der Waals surface area contributed by atoms with Crippen molar-refractivity contribution >= 4 is 57.6 Å². The average Bonchev–Trinajstić information content (AvgIpc) is 2.95. The Kier molecular flexibility index (Phi) is 6.96. The van der Waals surface area contributed by atoms with E-state index in [-0.39, 0.29) is 23.9 Å². The average molecular weight is 442 g/mol. The zero-order valence-electron chi connectivity index (χ0n) is 16.2. The molecule has 1 fully saturated rings. The number of amides is 2. The Morgan fingerprint density at radius 3 is 2.67 bits per heavy atom. The smallest absolute Gasteiger partial charge is 0.269 e. The predicted molar refractivity (Wildman–Crippen MR) is 122 cm³/mol. The van der Waals surface area contributed by atoms with Crippen LogP contribution in [0.4, 0.5) is 11.4 Å². The number of nitro groups is 1. The molecule has 30 heavy (non-hydrogen) atoms. The van der Waals surface area contributed by atoms with E-state index in [4.69, 9.17) is 12.2 Å². The number of nitrogens with one attached hydrogen (secondary N) is 1. The van der Waals surface area contributed by atoms with Crippen molar-refractivity contribution in [3.63, 3.8) is 0 Å². The topological polar surface area (TPSA) is 92.6 Å². The van der Waals surface area contributed by atoms with Crippen LogP contribution in [0.5, 0.6) is 0 Å². The Morgan fingerprint density at radius 1 is 1.27 bits per heavy atom. The van der Waals surface area contributed by atoms with Crippen LogP contribution in [0.25, 0.3) is 6.08 Å². The number of nitro benzene ring substituents is 1. The molecule has 1 saturated heterocycles. The zero-order chi connectivity index (χ0) is 21.7. The van der Waals surface area contributed by atoms with Crippen molar-refractivity contribution in [2.45, 2.75) is 19.8 Å². The van der Waals surface area contributed by atoms with E-state index in [1.165, 1.54) is 28.8 Å². The molecule has 0 atom stereocenters. The van der Waals surface area contributed by atoms with E-state index in [0.717, 1.165) is 11.3 Å². The van der Waals surface area contributed by atoms with Gasteiger partial charge in [-0.15, -0.1) is 0 Å². The number of hydrogen-bond acceptors (Lipinski definition) is 6. The number of aryl methyl sites for hydroxylation is 1. The Morgan fingerprint density at radius 2 is 2.00 bits per heavy atom.